The summed E-state index contributed by atoms with van der Waals surface area (Å²) in [5, 5.41) is 2.51. The molecule has 7 aromatic carbocycles. The lowest BCUT2D eigenvalue weighted by molar-refractivity contribution is 0.590. The SMILES string of the molecule is [2H]c1c([2H])c([2H])c(N(c2ccc3cc4c(cc3c2)-c2cc3ccc(-c5c([2H])c([2H])c(C(C([2H])([2H])[2H])(C([2H])([2H])[2H])C([2H])([2H])[2H])c([2H])c5[2H])cc3cc2-4)c2c([2H])c([2H])c([2H])c([2H])c2[2H])c([2H])c1[2H]. The van der Waals surface area contributed by atoms with Crippen molar-refractivity contribution in [3.05, 3.63) is 151 Å². The Bertz CT molecular complexity index is 3080. The Hall–Kier alpha value is -5.14. The number of fused-ring (bicyclic) bond motifs is 6. The largest absolute Gasteiger partial charge is 0.310 e. The molecule has 0 aromatic heterocycles. The highest BCUT2D eigenvalue weighted by Crippen LogP contribution is 2.51. The van der Waals surface area contributed by atoms with Crippen LogP contribution in [-0.2, 0) is 5.41 Å². The Morgan fingerprint density at radius 2 is 0.977 bits per heavy atom. The lowest BCUT2D eigenvalue weighted by Gasteiger charge is -2.28. The number of para-hydroxylation sites is 2. The van der Waals surface area contributed by atoms with E-state index in [9.17, 15) is 0 Å². The first-order chi connectivity index (χ1) is 30.5. The Labute approximate surface area is 286 Å². The van der Waals surface area contributed by atoms with Gasteiger partial charge in [0.2, 0.25) is 0 Å². The predicted octanol–water partition coefficient (Wildman–Crippen LogP) is 12.1. The maximum atomic E-state index is 8.88. The van der Waals surface area contributed by atoms with Crippen molar-refractivity contribution in [3.63, 3.8) is 0 Å². The van der Waals surface area contributed by atoms with Crippen LogP contribution in [0.1, 0.15) is 57.6 Å². The topological polar surface area (TPSA) is 3.24 Å². The van der Waals surface area contributed by atoms with Gasteiger partial charge in [0.05, 0.1) is 19.2 Å². The zero-order valence-corrected chi connectivity index (χ0v) is 22.2. The van der Waals surface area contributed by atoms with E-state index in [0.717, 1.165) is 27.2 Å². The van der Waals surface area contributed by atoms with Gasteiger partial charge in [-0.05, 0) is 133 Å². The summed E-state index contributed by atoms with van der Waals surface area (Å²) in [6.45, 7) is -11.4. The van der Waals surface area contributed by atoms with Gasteiger partial charge in [0.25, 0.3) is 0 Å². The van der Waals surface area contributed by atoms with Crippen molar-refractivity contribution in [2.24, 2.45) is 0 Å². The fourth-order valence-corrected chi connectivity index (χ4v) is 5.43. The molecule has 0 heterocycles. The van der Waals surface area contributed by atoms with E-state index in [1.165, 1.54) is 12.1 Å². The molecular weight excluding hydrogens is 518 g/mol. The van der Waals surface area contributed by atoms with Crippen LogP contribution in [0.15, 0.2) is 145 Å². The average Bonchev–Trinajstić information content (AvgIpc) is 3.23. The van der Waals surface area contributed by atoms with Gasteiger partial charge in [0.1, 0.15) is 0 Å². The van der Waals surface area contributed by atoms with Crippen LogP contribution < -0.4 is 4.90 Å². The van der Waals surface area contributed by atoms with Crippen LogP contribution in [0, 0.1) is 0 Å². The molecule has 1 aliphatic rings. The second-order valence-corrected chi connectivity index (χ2v) is 10.2. The summed E-state index contributed by atoms with van der Waals surface area (Å²) in [5.41, 5.74) is -2.73. The minimum absolute atomic E-state index is 0.133. The molecule has 8 rings (SSSR count). The van der Waals surface area contributed by atoms with Gasteiger partial charge in [-0.2, -0.15) is 0 Å². The van der Waals surface area contributed by atoms with E-state index < -0.39 is 128 Å². The van der Waals surface area contributed by atoms with Crippen LogP contribution in [0.5, 0.6) is 0 Å². The van der Waals surface area contributed by atoms with Crippen LogP contribution in [0.3, 0.4) is 0 Å². The van der Waals surface area contributed by atoms with Crippen LogP contribution in [0.2, 0.25) is 0 Å². The van der Waals surface area contributed by atoms with Crippen molar-refractivity contribution in [1.29, 1.82) is 0 Å². The van der Waals surface area contributed by atoms with Gasteiger partial charge in [0.15, 0.2) is 0 Å². The Kier molecular flexibility index (Phi) is 2.52. The number of nitrogens with zero attached hydrogens (tertiary/aromatic N) is 1. The number of anilines is 3. The van der Waals surface area contributed by atoms with Gasteiger partial charge < -0.3 is 4.90 Å². The quantitative estimate of drug-likeness (QED) is 0.202. The van der Waals surface area contributed by atoms with E-state index in [1.807, 2.05) is 24.3 Å². The van der Waals surface area contributed by atoms with Gasteiger partial charge >= 0.3 is 0 Å². The summed E-state index contributed by atoms with van der Waals surface area (Å²) < 4.78 is 193. The van der Waals surface area contributed by atoms with E-state index in [2.05, 4.69) is 0 Å². The summed E-state index contributed by atoms with van der Waals surface area (Å²) in [5.74, 6) is 0. The van der Waals surface area contributed by atoms with Crippen LogP contribution in [0.25, 0.3) is 54.9 Å². The molecule has 206 valence electrons. The maximum Gasteiger partial charge on any atom is 0.0645 e. The molecule has 0 bridgehead atoms. The first-order valence-corrected chi connectivity index (χ1v) is 13.2. The number of hydrogen-bond donors (Lipinski definition) is 0. The molecule has 0 atom stereocenters. The van der Waals surface area contributed by atoms with Crippen molar-refractivity contribution in [2.75, 3.05) is 4.90 Å². The molecule has 1 heteroatoms. The standard InChI is InChI=1S/C42H33N/c1-42(2,3)34-19-16-28(17-20-34)29-14-15-30-24-38-40(26-32(30)22-29)39-25-31-18-21-37(23-33(31)27-41(38)39)43(35-10-6-4-7-11-35)36-12-8-5-9-13-36/h4-27H,1-3H3/i1D3,2D3,3D3,4D,5D,6D,7D,8D,9D,10D,11D,12D,13D,16D,17D,19D,20D. The van der Waals surface area contributed by atoms with Crippen molar-refractivity contribution in [2.45, 2.75) is 26.0 Å². The summed E-state index contributed by atoms with van der Waals surface area (Å²) in [6, 6.07) is 6.31. The Morgan fingerprint density at radius 3 is 1.53 bits per heavy atom. The summed E-state index contributed by atoms with van der Waals surface area (Å²) in [7, 11) is 0. The van der Waals surface area contributed by atoms with Gasteiger partial charge in [-0.15, -0.1) is 0 Å². The highest BCUT2D eigenvalue weighted by Gasteiger charge is 2.24. The highest BCUT2D eigenvalue weighted by molar-refractivity contribution is 6.12. The smallest absolute Gasteiger partial charge is 0.0645 e. The molecule has 0 unspecified atom stereocenters. The molecule has 0 saturated heterocycles. The summed E-state index contributed by atoms with van der Waals surface area (Å²) >= 11 is 0. The van der Waals surface area contributed by atoms with Crippen LogP contribution in [-0.4, -0.2) is 0 Å². The highest BCUT2D eigenvalue weighted by atomic mass is 15.1. The third-order valence-electron chi connectivity index (χ3n) is 7.48. The third kappa shape index (κ3) is 4.40. The monoisotopic (exact) mass is 574 g/mol. The third-order valence-corrected chi connectivity index (χ3v) is 7.48. The van der Waals surface area contributed by atoms with Crippen molar-refractivity contribution in [1.82, 2.24) is 0 Å². The average molecular weight is 575 g/mol. The summed E-state index contributed by atoms with van der Waals surface area (Å²) in [6.07, 6.45) is 0. The van der Waals surface area contributed by atoms with E-state index in [1.54, 1.807) is 24.3 Å². The molecular formula is C42H33N. The number of hydrogen-bond acceptors (Lipinski definition) is 1. The van der Waals surface area contributed by atoms with Crippen molar-refractivity contribution in [3.8, 4) is 33.4 Å². The minimum atomic E-state index is -3.81. The molecule has 43 heavy (non-hydrogen) atoms. The molecule has 0 amide bonds. The molecule has 1 nitrogen and oxygen atoms in total. The first-order valence-electron chi connectivity index (χ1n) is 24.7. The normalized spacial score (nSPS) is 20.6. The zero-order chi connectivity index (χ0) is 48.8. The molecule has 7 aromatic rings. The van der Waals surface area contributed by atoms with Crippen molar-refractivity contribution >= 4 is 38.6 Å². The zero-order valence-electron chi connectivity index (χ0n) is 45.2. The maximum absolute atomic E-state index is 8.88. The lowest BCUT2D eigenvalue weighted by atomic mass is 9.77. The molecule has 0 saturated carbocycles. The molecule has 0 fully saturated rings. The van der Waals surface area contributed by atoms with E-state index >= 15 is 0 Å². The van der Waals surface area contributed by atoms with E-state index in [-0.39, 0.29) is 16.8 Å². The van der Waals surface area contributed by atoms with Crippen LogP contribution in [0.4, 0.5) is 17.1 Å². The van der Waals surface area contributed by atoms with E-state index in [4.69, 9.17) is 31.5 Å². The fraction of sp³-hybridized carbons (Fsp3) is 0.0952. The molecule has 1 aliphatic carbocycles. The molecule has 0 radical (unpaired) electrons. The van der Waals surface area contributed by atoms with Gasteiger partial charge in [0, 0.05) is 29.4 Å². The second kappa shape index (κ2) is 9.71. The van der Waals surface area contributed by atoms with Gasteiger partial charge in [-0.3, -0.25) is 0 Å². The van der Waals surface area contributed by atoms with E-state index in [0.29, 0.717) is 21.5 Å². The molecule has 0 N–H and O–H groups in total. The number of benzene rings is 7. The summed E-state index contributed by atoms with van der Waals surface area (Å²) in [4.78, 5) is 1.08. The Balaban J connectivity index is 1.26. The van der Waals surface area contributed by atoms with Crippen molar-refractivity contribution < 1.29 is 31.5 Å². The lowest BCUT2D eigenvalue weighted by Crippen LogP contribution is -2.10. The Morgan fingerprint density at radius 1 is 0.465 bits per heavy atom. The number of rotatable bonds is 4. The minimum Gasteiger partial charge on any atom is -0.310 e. The van der Waals surface area contributed by atoms with Crippen LogP contribution >= 0.6 is 0 Å². The predicted molar refractivity (Wildman–Crippen MR) is 185 cm³/mol. The van der Waals surface area contributed by atoms with Gasteiger partial charge in [-0.1, -0.05) is 99.2 Å². The fourth-order valence-electron chi connectivity index (χ4n) is 5.43. The first kappa shape index (κ1) is 11.2. The second-order valence-electron chi connectivity index (χ2n) is 10.2. The van der Waals surface area contributed by atoms with Gasteiger partial charge in [-0.25, -0.2) is 0 Å². The molecule has 0 spiro atoms. The molecule has 0 aliphatic heterocycles.